The van der Waals surface area contributed by atoms with E-state index in [0.29, 0.717) is 5.02 Å². The van der Waals surface area contributed by atoms with Crippen molar-refractivity contribution in [3.05, 3.63) is 81.8 Å². The highest BCUT2D eigenvalue weighted by atomic mass is 79.9. The second-order valence-corrected chi connectivity index (χ2v) is 7.60. The summed E-state index contributed by atoms with van der Waals surface area (Å²) in [6.07, 6.45) is 0. The Hall–Kier alpha value is -1.61. The average molecular weight is 402 g/mol. The van der Waals surface area contributed by atoms with E-state index in [1.807, 2.05) is 42.5 Å². The van der Waals surface area contributed by atoms with E-state index >= 15 is 0 Å². The Morgan fingerprint density at radius 3 is 2.21 bits per heavy atom. The molecule has 0 aliphatic heterocycles. The van der Waals surface area contributed by atoms with Crippen molar-refractivity contribution in [2.75, 3.05) is 0 Å². The van der Waals surface area contributed by atoms with Gasteiger partial charge in [-0.15, -0.1) is 0 Å². The number of halogens is 2. The SMILES string of the molecule is CC(C)(O)c1cc(Cl)ccc1-c1cc(-c2ccccc2)ccc1Br. The maximum atomic E-state index is 10.6. The van der Waals surface area contributed by atoms with E-state index in [0.717, 1.165) is 32.3 Å². The maximum absolute atomic E-state index is 10.6. The largest absolute Gasteiger partial charge is 0.386 e. The Morgan fingerprint density at radius 1 is 0.833 bits per heavy atom. The third-order valence-electron chi connectivity index (χ3n) is 4.00. The second-order valence-electron chi connectivity index (χ2n) is 6.31. The van der Waals surface area contributed by atoms with Crippen LogP contribution in [0.5, 0.6) is 0 Å². The van der Waals surface area contributed by atoms with Crippen LogP contribution in [0.4, 0.5) is 0 Å². The van der Waals surface area contributed by atoms with E-state index in [9.17, 15) is 5.11 Å². The van der Waals surface area contributed by atoms with Crippen LogP contribution in [0.15, 0.2) is 71.2 Å². The molecule has 0 saturated heterocycles. The van der Waals surface area contributed by atoms with Crippen molar-refractivity contribution in [2.45, 2.75) is 19.4 Å². The lowest BCUT2D eigenvalue weighted by atomic mass is 9.88. The van der Waals surface area contributed by atoms with Crippen LogP contribution in [0, 0.1) is 0 Å². The Labute approximate surface area is 156 Å². The van der Waals surface area contributed by atoms with Crippen molar-refractivity contribution in [3.8, 4) is 22.3 Å². The summed E-state index contributed by atoms with van der Waals surface area (Å²) < 4.78 is 0.981. The number of benzene rings is 3. The molecule has 3 rings (SSSR count). The van der Waals surface area contributed by atoms with Crippen LogP contribution < -0.4 is 0 Å². The molecule has 1 N–H and O–H groups in total. The van der Waals surface area contributed by atoms with Gasteiger partial charge >= 0.3 is 0 Å². The predicted molar refractivity (Wildman–Crippen MR) is 105 cm³/mol. The van der Waals surface area contributed by atoms with E-state index in [-0.39, 0.29) is 0 Å². The van der Waals surface area contributed by atoms with Crippen molar-refractivity contribution in [1.82, 2.24) is 0 Å². The van der Waals surface area contributed by atoms with Gasteiger partial charge in [0.1, 0.15) is 0 Å². The number of aliphatic hydroxyl groups is 1. The van der Waals surface area contributed by atoms with Gasteiger partial charge in [-0.25, -0.2) is 0 Å². The van der Waals surface area contributed by atoms with Gasteiger partial charge in [-0.1, -0.05) is 70.0 Å². The average Bonchev–Trinajstić information content (AvgIpc) is 2.55. The second kappa shape index (κ2) is 6.72. The summed E-state index contributed by atoms with van der Waals surface area (Å²) in [4.78, 5) is 0. The van der Waals surface area contributed by atoms with Crippen molar-refractivity contribution in [1.29, 1.82) is 0 Å². The lowest BCUT2D eigenvalue weighted by Crippen LogP contribution is -2.16. The molecule has 3 aromatic rings. The van der Waals surface area contributed by atoms with Gasteiger partial charge in [-0.05, 0) is 65.9 Å². The molecule has 0 fully saturated rings. The van der Waals surface area contributed by atoms with Gasteiger partial charge in [0.25, 0.3) is 0 Å². The van der Waals surface area contributed by atoms with E-state index in [2.05, 4.69) is 40.2 Å². The highest BCUT2D eigenvalue weighted by Crippen LogP contribution is 2.39. The molecule has 0 atom stereocenters. The van der Waals surface area contributed by atoms with Gasteiger partial charge in [-0.3, -0.25) is 0 Å². The summed E-state index contributed by atoms with van der Waals surface area (Å²) in [7, 11) is 0. The lowest BCUT2D eigenvalue weighted by Gasteiger charge is -2.23. The van der Waals surface area contributed by atoms with Crippen LogP contribution in [-0.4, -0.2) is 5.11 Å². The van der Waals surface area contributed by atoms with Crippen LogP contribution in [0.2, 0.25) is 5.02 Å². The van der Waals surface area contributed by atoms with Gasteiger partial charge in [0, 0.05) is 9.50 Å². The molecular weight excluding hydrogens is 384 g/mol. The van der Waals surface area contributed by atoms with Gasteiger partial charge in [0.05, 0.1) is 5.60 Å². The summed E-state index contributed by atoms with van der Waals surface area (Å²) in [5.74, 6) is 0. The van der Waals surface area contributed by atoms with Gasteiger partial charge in [0.2, 0.25) is 0 Å². The molecule has 0 saturated carbocycles. The molecule has 0 aromatic heterocycles. The first-order valence-corrected chi connectivity index (χ1v) is 8.91. The number of hydrogen-bond acceptors (Lipinski definition) is 1. The van der Waals surface area contributed by atoms with Crippen LogP contribution in [0.25, 0.3) is 22.3 Å². The minimum Gasteiger partial charge on any atom is -0.386 e. The van der Waals surface area contributed by atoms with Crippen molar-refractivity contribution >= 4 is 27.5 Å². The summed E-state index contributed by atoms with van der Waals surface area (Å²) in [5, 5.41) is 11.2. The van der Waals surface area contributed by atoms with Crippen LogP contribution in [0.1, 0.15) is 19.4 Å². The smallest absolute Gasteiger partial charge is 0.0847 e. The molecule has 0 amide bonds. The number of hydrogen-bond donors (Lipinski definition) is 1. The van der Waals surface area contributed by atoms with E-state index in [1.54, 1.807) is 13.8 Å². The molecular formula is C21H18BrClO. The Kier molecular flexibility index (Phi) is 4.82. The summed E-state index contributed by atoms with van der Waals surface area (Å²) in [6, 6.07) is 22.2. The predicted octanol–water partition coefficient (Wildman–Crippen LogP) is 6.66. The first-order chi connectivity index (χ1) is 11.4. The zero-order chi connectivity index (χ0) is 17.3. The molecule has 3 heteroatoms. The minimum atomic E-state index is -0.984. The quantitative estimate of drug-likeness (QED) is 0.520. The Morgan fingerprint density at radius 2 is 1.54 bits per heavy atom. The zero-order valence-electron chi connectivity index (χ0n) is 13.6. The van der Waals surface area contributed by atoms with E-state index < -0.39 is 5.60 Å². The van der Waals surface area contributed by atoms with Crippen molar-refractivity contribution in [3.63, 3.8) is 0 Å². The van der Waals surface area contributed by atoms with Crippen molar-refractivity contribution in [2.24, 2.45) is 0 Å². The standard InChI is InChI=1S/C21H18BrClO/c1-21(2,24)19-13-16(23)9-10-17(19)18-12-15(8-11-20(18)22)14-6-4-3-5-7-14/h3-13,24H,1-2H3. The topological polar surface area (TPSA) is 20.2 Å². The van der Waals surface area contributed by atoms with Gasteiger partial charge < -0.3 is 5.11 Å². The van der Waals surface area contributed by atoms with E-state index in [4.69, 9.17) is 11.6 Å². The van der Waals surface area contributed by atoms with E-state index in [1.165, 1.54) is 0 Å². The lowest BCUT2D eigenvalue weighted by molar-refractivity contribution is 0.0792. The molecule has 122 valence electrons. The monoisotopic (exact) mass is 400 g/mol. The molecule has 0 unspecified atom stereocenters. The molecule has 0 heterocycles. The maximum Gasteiger partial charge on any atom is 0.0847 e. The molecule has 0 aliphatic carbocycles. The summed E-state index contributed by atoms with van der Waals surface area (Å²) in [5.41, 5.74) is 4.11. The summed E-state index contributed by atoms with van der Waals surface area (Å²) in [6.45, 7) is 3.55. The van der Waals surface area contributed by atoms with Crippen LogP contribution >= 0.6 is 27.5 Å². The Bertz CT molecular complexity index is 867. The third-order valence-corrected chi connectivity index (χ3v) is 4.93. The normalized spacial score (nSPS) is 11.5. The molecule has 3 aromatic carbocycles. The first kappa shape index (κ1) is 17.2. The van der Waals surface area contributed by atoms with Crippen molar-refractivity contribution < 1.29 is 5.11 Å². The van der Waals surface area contributed by atoms with Crippen LogP contribution in [0.3, 0.4) is 0 Å². The Balaban J connectivity index is 2.21. The zero-order valence-corrected chi connectivity index (χ0v) is 15.9. The fourth-order valence-corrected chi connectivity index (χ4v) is 3.43. The van der Waals surface area contributed by atoms with Gasteiger partial charge in [-0.2, -0.15) is 0 Å². The molecule has 0 bridgehead atoms. The third kappa shape index (κ3) is 3.56. The first-order valence-electron chi connectivity index (χ1n) is 7.74. The summed E-state index contributed by atoms with van der Waals surface area (Å²) >= 11 is 9.80. The highest BCUT2D eigenvalue weighted by molar-refractivity contribution is 9.10. The minimum absolute atomic E-state index is 0.617. The fraction of sp³-hybridized carbons (Fsp3) is 0.143. The molecule has 0 radical (unpaired) electrons. The van der Waals surface area contributed by atoms with Crippen LogP contribution in [-0.2, 0) is 5.60 Å². The number of rotatable bonds is 3. The molecule has 1 nitrogen and oxygen atoms in total. The van der Waals surface area contributed by atoms with Gasteiger partial charge in [0.15, 0.2) is 0 Å². The fourth-order valence-electron chi connectivity index (χ4n) is 2.80. The molecule has 0 spiro atoms. The molecule has 24 heavy (non-hydrogen) atoms. The highest BCUT2D eigenvalue weighted by Gasteiger charge is 2.22. The molecule has 0 aliphatic rings.